The van der Waals surface area contributed by atoms with Crippen LogP contribution in [0.15, 0.2) is 24.3 Å². The summed E-state index contributed by atoms with van der Waals surface area (Å²) in [5, 5.41) is 19.7. The third-order valence-electron chi connectivity index (χ3n) is 6.51. The molecule has 0 amide bonds. The zero-order chi connectivity index (χ0) is 23.0. The molecule has 5 nitrogen and oxygen atoms in total. The highest BCUT2D eigenvalue weighted by Gasteiger charge is 2.37. The van der Waals surface area contributed by atoms with Crippen molar-refractivity contribution in [2.24, 2.45) is 5.92 Å². The summed E-state index contributed by atoms with van der Waals surface area (Å²) in [6.07, 6.45) is 4.02. The number of nitriles is 2. The molecule has 3 heterocycles. The van der Waals surface area contributed by atoms with Gasteiger partial charge in [0, 0.05) is 35.9 Å². The second-order valence-electron chi connectivity index (χ2n) is 8.76. The molecule has 32 heavy (non-hydrogen) atoms. The average Bonchev–Trinajstić information content (AvgIpc) is 3.47. The standard InChI is InChI=1S/C25H31N5S2/c1-20(2)25(19-27,23-9-10-24(28-3)32-23)11-5-13-30-16-14-29(15-17-30)12-4-6-21-7-8-22(18-26)31-21/h7-10,20H,4-6,11-17H2,1-2H3. The fraction of sp³-hybridized carbons (Fsp3) is 0.560. The summed E-state index contributed by atoms with van der Waals surface area (Å²) in [6.45, 7) is 18.0. The molecule has 1 unspecified atom stereocenters. The van der Waals surface area contributed by atoms with E-state index >= 15 is 0 Å². The number of piperazine rings is 1. The van der Waals surface area contributed by atoms with E-state index in [9.17, 15) is 5.26 Å². The van der Waals surface area contributed by atoms with Gasteiger partial charge in [0.2, 0.25) is 5.00 Å². The Balaban J connectivity index is 1.41. The normalized spacial score (nSPS) is 16.9. The predicted octanol–water partition coefficient (Wildman–Crippen LogP) is 5.68. The largest absolute Gasteiger partial charge is 0.301 e. The summed E-state index contributed by atoms with van der Waals surface area (Å²) in [5.41, 5.74) is -0.497. The molecule has 0 aliphatic carbocycles. The monoisotopic (exact) mass is 465 g/mol. The van der Waals surface area contributed by atoms with Gasteiger partial charge in [-0.15, -0.1) is 11.3 Å². The van der Waals surface area contributed by atoms with Gasteiger partial charge in [-0.05, 0) is 62.9 Å². The van der Waals surface area contributed by atoms with Crippen LogP contribution in [0, 0.1) is 35.2 Å². The van der Waals surface area contributed by atoms with Crippen molar-refractivity contribution < 1.29 is 0 Å². The highest BCUT2D eigenvalue weighted by atomic mass is 32.1. The van der Waals surface area contributed by atoms with E-state index in [2.05, 4.69) is 46.7 Å². The quantitative estimate of drug-likeness (QED) is 0.424. The third-order valence-corrected chi connectivity index (χ3v) is 8.71. The van der Waals surface area contributed by atoms with Crippen molar-refractivity contribution in [2.75, 3.05) is 39.3 Å². The zero-order valence-corrected chi connectivity index (χ0v) is 20.6. The summed E-state index contributed by atoms with van der Waals surface area (Å²) < 4.78 is 0. The van der Waals surface area contributed by atoms with Crippen molar-refractivity contribution in [3.63, 3.8) is 0 Å². The van der Waals surface area contributed by atoms with E-state index in [0.717, 1.165) is 74.7 Å². The number of nitrogens with zero attached hydrogens (tertiary/aromatic N) is 5. The van der Waals surface area contributed by atoms with E-state index in [1.165, 1.54) is 16.2 Å². The minimum atomic E-state index is -0.497. The fourth-order valence-corrected chi connectivity index (χ4v) is 6.39. The van der Waals surface area contributed by atoms with Gasteiger partial charge in [0.25, 0.3) is 0 Å². The smallest absolute Gasteiger partial charge is 0.241 e. The fourth-order valence-electron chi connectivity index (χ4n) is 4.43. The summed E-state index contributed by atoms with van der Waals surface area (Å²) >= 11 is 3.09. The number of hydrogen-bond donors (Lipinski definition) is 0. The molecule has 2 aromatic heterocycles. The van der Waals surface area contributed by atoms with Gasteiger partial charge >= 0.3 is 0 Å². The van der Waals surface area contributed by atoms with Crippen LogP contribution in [0.25, 0.3) is 4.85 Å². The highest BCUT2D eigenvalue weighted by molar-refractivity contribution is 7.16. The Kier molecular flexibility index (Phi) is 8.85. The van der Waals surface area contributed by atoms with Crippen molar-refractivity contribution in [1.82, 2.24) is 9.80 Å². The molecule has 0 saturated carbocycles. The molecule has 0 N–H and O–H groups in total. The molecule has 1 atom stereocenters. The van der Waals surface area contributed by atoms with Crippen LogP contribution in [-0.2, 0) is 11.8 Å². The molecule has 7 heteroatoms. The topological polar surface area (TPSA) is 58.4 Å². The minimum absolute atomic E-state index is 0.217. The molecule has 2 aromatic rings. The zero-order valence-electron chi connectivity index (χ0n) is 19.0. The number of aryl methyl sites for hydroxylation is 1. The molecular weight excluding hydrogens is 434 g/mol. The predicted molar refractivity (Wildman–Crippen MR) is 132 cm³/mol. The van der Waals surface area contributed by atoms with Crippen LogP contribution in [0.1, 0.15) is 47.7 Å². The third kappa shape index (κ3) is 5.97. The van der Waals surface area contributed by atoms with E-state index in [0.29, 0.717) is 5.00 Å². The lowest BCUT2D eigenvalue weighted by atomic mass is 9.73. The van der Waals surface area contributed by atoms with Gasteiger partial charge in [0.05, 0.1) is 18.1 Å². The van der Waals surface area contributed by atoms with Gasteiger partial charge in [-0.1, -0.05) is 19.9 Å². The molecule has 168 valence electrons. The molecule has 0 radical (unpaired) electrons. The minimum Gasteiger partial charge on any atom is -0.301 e. The lowest BCUT2D eigenvalue weighted by Crippen LogP contribution is -2.47. The van der Waals surface area contributed by atoms with Crippen molar-refractivity contribution >= 4 is 27.7 Å². The van der Waals surface area contributed by atoms with Crippen molar-refractivity contribution in [2.45, 2.75) is 44.9 Å². The van der Waals surface area contributed by atoms with E-state index in [1.807, 2.05) is 18.2 Å². The van der Waals surface area contributed by atoms with Crippen molar-refractivity contribution in [3.05, 3.63) is 50.3 Å². The summed E-state index contributed by atoms with van der Waals surface area (Å²) in [6, 6.07) is 12.7. The molecule has 1 aliphatic heterocycles. The van der Waals surface area contributed by atoms with Crippen LogP contribution in [0.3, 0.4) is 0 Å². The van der Waals surface area contributed by atoms with Gasteiger partial charge in [0.1, 0.15) is 10.9 Å². The first kappa shape index (κ1) is 24.4. The van der Waals surface area contributed by atoms with Crippen LogP contribution >= 0.6 is 22.7 Å². The highest BCUT2D eigenvalue weighted by Crippen LogP contribution is 2.42. The average molecular weight is 466 g/mol. The summed E-state index contributed by atoms with van der Waals surface area (Å²) in [4.78, 5) is 11.8. The van der Waals surface area contributed by atoms with Crippen molar-refractivity contribution in [1.29, 1.82) is 10.5 Å². The Morgan fingerprint density at radius 1 is 1.03 bits per heavy atom. The van der Waals surface area contributed by atoms with Crippen LogP contribution in [0.4, 0.5) is 5.00 Å². The lowest BCUT2D eigenvalue weighted by Gasteiger charge is -2.36. The molecule has 1 fully saturated rings. The molecule has 1 saturated heterocycles. The summed E-state index contributed by atoms with van der Waals surface area (Å²) in [5.74, 6) is 0.217. The Morgan fingerprint density at radius 3 is 2.25 bits per heavy atom. The first-order chi connectivity index (χ1) is 15.5. The van der Waals surface area contributed by atoms with Gasteiger partial charge in [0.15, 0.2) is 0 Å². The molecule has 3 rings (SSSR count). The summed E-state index contributed by atoms with van der Waals surface area (Å²) in [7, 11) is 0. The van der Waals surface area contributed by atoms with Crippen LogP contribution in [0.5, 0.6) is 0 Å². The molecule has 1 aliphatic rings. The number of hydrogen-bond acceptors (Lipinski definition) is 6. The van der Waals surface area contributed by atoms with Crippen molar-refractivity contribution in [3.8, 4) is 12.1 Å². The van der Waals surface area contributed by atoms with Crippen LogP contribution < -0.4 is 0 Å². The maximum atomic E-state index is 10.1. The van der Waals surface area contributed by atoms with E-state index < -0.39 is 5.41 Å². The SMILES string of the molecule is [C-]#[N+]c1ccc(C(C#N)(CCCN2CCN(CCCc3ccc(C#N)s3)CC2)C(C)C)s1. The first-order valence-corrected chi connectivity index (χ1v) is 13.0. The van der Waals surface area contributed by atoms with E-state index in [1.54, 1.807) is 11.3 Å². The lowest BCUT2D eigenvalue weighted by molar-refractivity contribution is 0.127. The van der Waals surface area contributed by atoms with Gasteiger partial charge in [-0.3, -0.25) is 0 Å². The maximum Gasteiger partial charge on any atom is 0.241 e. The maximum absolute atomic E-state index is 10.1. The molecular formula is C25H31N5S2. The first-order valence-electron chi connectivity index (χ1n) is 11.3. The molecule has 0 aromatic carbocycles. The molecule has 0 spiro atoms. The second-order valence-corrected chi connectivity index (χ2v) is 11.0. The second kappa shape index (κ2) is 11.6. The number of rotatable bonds is 10. The van der Waals surface area contributed by atoms with Gasteiger partial charge in [-0.2, -0.15) is 21.9 Å². The van der Waals surface area contributed by atoms with Crippen LogP contribution in [0.2, 0.25) is 0 Å². The number of thiophene rings is 2. The Bertz CT molecular complexity index is 995. The van der Waals surface area contributed by atoms with E-state index in [4.69, 9.17) is 11.8 Å². The Labute approximate surface area is 200 Å². The Morgan fingerprint density at radius 2 is 1.72 bits per heavy atom. The molecule has 0 bridgehead atoms. The van der Waals surface area contributed by atoms with Gasteiger partial charge < -0.3 is 9.80 Å². The Hall–Kier alpha value is -2.21. The van der Waals surface area contributed by atoms with E-state index in [-0.39, 0.29) is 5.92 Å². The van der Waals surface area contributed by atoms with Crippen LogP contribution in [-0.4, -0.2) is 49.1 Å². The van der Waals surface area contributed by atoms with Gasteiger partial charge in [-0.25, -0.2) is 4.85 Å².